The Kier molecular flexibility index (Phi) is 3.39. The van der Waals surface area contributed by atoms with Gasteiger partial charge in [-0.1, -0.05) is 47.6 Å². The third kappa shape index (κ3) is 2.49. The maximum Gasteiger partial charge on any atom is 0.172 e. The minimum Gasteiger partial charge on any atom is -0.409 e. The van der Waals surface area contributed by atoms with Gasteiger partial charge in [-0.2, -0.15) is 5.10 Å². The van der Waals surface area contributed by atoms with E-state index in [-0.39, 0.29) is 5.84 Å². The topological polar surface area (TPSA) is 76.4 Å². The van der Waals surface area contributed by atoms with Crippen LogP contribution in [-0.2, 0) is 0 Å². The molecular formula is C16H14N4O. The summed E-state index contributed by atoms with van der Waals surface area (Å²) in [6.07, 6.45) is 3.71. The van der Waals surface area contributed by atoms with Crippen molar-refractivity contribution < 1.29 is 5.21 Å². The highest BCUT2D eigenvalue weighted by Crippen LogP contribution is 2.21. The summed E-state index contributed by atoms with van der Waals surface area (Å²) in [5.41, 5.74) is 9.19. The molecule has 0 spiro atoms. The number of hydrogen-bond donors (Lipinski definition) is 2. The fourth-order valence-corrected chi connectivity index (χ4v) is 2.18. The lowest BCUT2D eigenvalue weighted by atomic mass is 10.1. The number of nitrogens with two attached hydrogens (primary N) is 1. The molecule has 1 heterocycles. The quantitative estimate of drug-likeness (QED) is 0.334. The van der Waals surface area contributed by atoms with Gasteiger partial charge in [-0.3, -0.25) is 0 Å². The fraction of sp³-hybridized carbons (Fsp3) is 0. The average molecular weight is 278 g/mol. The summed E-state index contributed by atoms with van der Waals surface area (Å²) in [7, 11) is 0. The van der Waals surface area contributed by atoms with E-state index in [4.69, 9.17) is 10.9 Å². The van der Waals surface area contributed by atoms with Crippen LogP contribution in [0.3, 0.4) is 0 Å². The van der Waals surface area contributed by atoms with Gasteiger partial charge in [0.1, 0.15) is 0 Å². The van der Waals surface area contributed by atoms with Crippen LogP contribution in [0.15, 0.2) is 72.1 Å². The molecule has 0 unspecified atom stereocenters. The molecule has 0 bridgehead atoms. The van der Waals surface area contributed by atoms with Crippen LogP contribution in [0.1, 0.15) is 5.56 Å². The van der Waals surface area contributed by atoms with Crippen molar-refractivity contribution in [2.75, 3.05) is 0 Å². The number of nitrogens with zero attached hydrogens (tertiary/aromatic N) is 3. The molecule has 0 fully saturated rings. The minimum absolute atomic E-state index is 0.0577. The molecule has 0 aliphatic heterocycles. The number of benzene rings is 2. The molecule has 0 saturated carbocycles. The summed E-state index contributed by atoms with van der Waals surface area (Å²) in [5.74, 6) is 0.0577. The van der Waals surface area contributed by atoms with Gasteiger partial charge < -0.3 is 10.9 Å². The number of rotatable bonds is 3. The largest absolute Gasteiger partial charge is 0.409 e. The highest BCUT2D eigenvalue weighted by molar-refractivity contribution is 6.00. The number of hydrogen-bond acceptors (Lipinski definition) is 3. The standard InChI is InChI=1S/C16H14N4O/c17-16(19-21)14-8-4-5-9-15(14)20-11-13(10-18-20)12-6-2-1-3-7-12/h1-11,21H,(H2,17,19). The van der Waals surface area contributed by atoms with E-state index in [2.05, 4.69) is 10.3 Å². The molecule has 3 N–H and O–H groups in total. The first-order valence-corrected chi connectivity index (χ1v) is 6.47. The first-order chi connectivity index (χ1) is 10.3. The van der Waals surface area contributed by atoms with E-state index in [9.17, 15) is 0 Å². The van der Waals surface area contributed by atoms with E-state index in [0.29, 0.717) is 5.56 Å². The van der Waals surface area contributed by atoms with Gasteiger partial charge in [-0.25, -0.2) is 4.68 Å². The molecule has 21 heavy (non-hydrogen) atoms. The van der Waals surface area contributed by atoms with E-state index in [1.54, 1.807) is 16.9 Å². The molecular weight excluding hydrogens is 264 g/mol. The summed E-state index contributed by atoms with van der Waals surface area (Å²) < 4.78 is 1.72. The zero-order valence-corrected chi connectivity index (χ0v) is 11.2. The van der Waals surface area contributed by atoms with Crippen molar-refractivity contribution in [3.05, 3.63) is 72.6 Å². The number of oxime groups is 1. The Hall–Kier alpha value is -3.08. The van der Waals surface area contributed by atoms with Crippen LogP contribution in [-0.4, -0.2) is 20.8 Å². The lowest BCUT2D eigenvalue weighted by Crippen LogP contribution is -2.16. The lowest BCUT2D eigenvalue weighted by molar-refractivity contribution is 0.318. The molecule has 3 aromatic rings. The molecule has 5 heteroatoms. The molecule has 104 valence electrons. The van der Waals surface area contributed by atoms with Crippen molar-refractivity contribution in [1.29, 1.82) is 0 Å². The summed E-state index contributed by atoms with van der Waals surface area (Å²) in [6, 6.07) is 17.4. The Bertz CT molecular complexity index is 778. The summed E-state index contributed by atoms with van der Waals surface area (Å²) in [6.45, 7) is 0. The second kappa shape index (κ2) is 5.50. The third-order valence-electron chi connectivity index (χ3n) is 3.22. The van der Waals surface area contributed by atoms with E-state index >= 15 is 0 Å². The Morgan fingerprint density at radius 1 is 1.00 bits per heavy atom. The summed E-state index contributed by atoms with van der Waals surface area (Å²) >= 11 is 0. The predicted molar refractivity (Wildman–Crippen MR) is 81.5 cm³/mol. The molecule has 0 amide bonds. The number of para-hydroxylation sites is 1. The Morgan fingerprint density at radius 3 is 2.48 bits per heavy atom. The maximum atomic E-state index is 8.88. The second-order valence-electron chi connectivity index (χ2n) is 4.54. The molecule has 1 aromatic heterocycles. The Balaban J connectivity index is 2.05. The van der Waals surface area contributed by atoms with Crippen LogP contribution in [0.4, 0.5) is 0 Å². The third-order valence-corrected chi connectivity index (χ3v) is 3.22. The van der Waals surface area contributed by atoms with Crippen molar-refractivity contribution in [3.63, 3.8) is 0 Å². The molecule has 0 saturated heterocycles. The van der Waals surface area contributed by atoms with Gasteiger partial charge in [0.2, 0.25) is 0 Å². The molecule has 2 aromatic carbocycles. The SMILES string of the molecule is NC(=NO)c1ccccc1-n1cc(-c2ccccc2)cn1. The van der Waals surface area contributed by atoms with Crippen LogP contribution < -0.4 is 5.73 Å². The van der Waals surface area contributed by atoms with Crippen LogP contribution in [0, 0.1) is 0 Å². The lowest BCUT2D eigenvalue weighted by Gasteiger charge is -2.07. The van der Waals surface area contributed by atoms with Gasteiger partial charge in [0.05, 0.1) is 11.9 Å². The van der Waals surface area contributed by atoms with Gasteiger partial charge in [0.15, 0.2) is 5.84 Å². The van der Waals surface area contributed by atoms with Crippen molar-refractivity contribution in [1.82, 2.24) is 9.78 Å². The maximum absolute atomic E-state index is 8.88. The summed E-state index contributed by atoms with van der Waals surface area (Å²) in [5, 5.41) is 16.3. The van der Waals surface area contributed by atoms with Crippen LogP contribution in [0.25, 0.3) is 16.8 Å². The first kappa shape index (κ1) is 12.9. The number of aromatic nitrogens is 2. The van der Waals surface area contributed by atoms with Crippen molar-refractivity contribution in [2.45, 2.75) is 0 Å². The molecule has 0 atom stereocenters. The van der Waals surface area contributed by atoms with E-state index in [1.165, 1.54) is 0 Å². The molecule has 0 radical (unpaired) electrons. The normalized spacial score (nSPS) is 11.5. The smallest absolute Gasteiger partial charge is 0.172 e. The number of amidine groups is 1. The molecule has 3 rings (SSSR count). The van der Waals surface area contributed by atoms with Gasteiger partial charge in [-0.15, -0.1) is 0 Å². The zero-order chi connectivity index (χ0) is 14.7. The molecule has 0 aliphatic carbocycles. The Morgan fingerprint density at radius 2 is 1.71 bits per heavy atom. The van der Waals surface area contributed by atoms with E-state index in [1.807, 2.05) is 54.7 Å². The van der Waals surface area contributed by atoms with E-state index < -0.39 is 0 Å². The van der Waals surface area contributed by atoms with Crippen LogP contribution >= 0.6 is 0 Å². The molecule has 0 aliphatic rings. The van der Waals surface area contributed by atoms with Crippen LogP contribution in [0.5, 0.6) is 0 Å². The van der Waals surface area contributed by atoms with Crippen molar-refractivity contribution >= 4 is 5.84 Å². The highest BCUT2D eigenvalue weighted by Gasteiger charge is 2.10. The van der Waals surface area contributed by atoms with Crippen molar-refractivity contribution in [3.8, 4) is 16.8 Å². The highest BCUT2D eigenvalue weighted by atomic mass is 16.4. The Labute approximate surface area is 122 Å². The average Bonchev–Trinajstić information content (AvgIpc) is 3.05. The van der Waals surface area contributed by atoms with Crippen LogP contribution in [0.2, 0.25) is 0 Å². The van der Waals surface area contributed by atoms with Gasteiger partial charge >= 0.3 is 0 Å². The minimum atomic E-state index is 0.0577. The molecule has 5 nitrogen and oxygen atoms in total. The van der Waals surface area contributed by atoms with Gasteiger partial charge in [-0.05, 0) is 17.7 Å². The zero-order valence-electron chi connectivity index (χ0n) is 11.2. The van der Waals surface area contributed by atoms with Crippen molar-refractivity contribution in [2.24, 2.45) is 10.9 Å². The van der Waals surface area contributed by atoms with Gasteiger partial charge in [0.25, 0.3) is 0 Å². The second-order valence-corrected chi connectivity index (χ2v) is 4.54. The monoisotopic (exact) mass is 278 g/mol. The predicted octanol–water partition coefficient (Wildman–Crippen LogP) is 2.63. The summed E-state index contributed by atoms with van der Waals surface area (Å²) in [4.78, 5) is 0. The van der Waals surface area contributed by atoms with Gasteiger partial charge in [0, 0.05) is 17.3 Å². The first-order valence-electron chi connectivity index (χ1n) is 6.47. The fourth-order valence-electron chi connectivity index (χ4n) is 2.18. The van der Waals surface area contributed by atoms with E-state index in [0.717, 1.165) is 16.8 Å².